The minimum absolute atomic E-state index is 0.125. The van der Waals surface area contributed by atoms with E-state index in [1.807, 2.05) is 0 Å². The van der Waals surface area contributed by atoms with Gasteiger partial charge in [-0.2, -0.15) is 10.5 Å². The molecule has 0 rings (SSSR count). The summed E-state index contributed by atoms with van der Waals surface area (Å²) in [4.78, 5) is 0. The van der Waals surface area contributed by atoms with Crippen LogP contribution in [-0.4, -0.2) is 6.54 Å². The highest BCUT2D eigenvalue weighted by molar-refractivity contribution is 4.93. The molecule has 0 fully saturated rings. The van der Waals surface area contributed by atoms with Crippen molar-refractivity contribution in [2.75, 3.05) is 6.54 Å². The number of hydrogen-bond donors (Lipinski definition) is 1. The number of nitriles is 2. The Hall–Kier alpha value is -1.32. The molecule has 0 saturated heterocycles. The molecule has 0 aromatic carbocycles. The molecular formula is C5H7N3. The molecule has 2 N–H and O–H groups in total. The van der Waals surface area contributed by atoms with Gasteiger partial charge in [-0.1, -0.05) is 6.58 Å². The third-order valence-corrected chi connectivity index (χ3v) is 0.183. The summed E-state index contributed by atoms with van der Waals surface area (Å²) in [7, 11) is 0. The molecule has 0 atom stereocenters. The van der Waals surface area contributed by atoms with Gasteiger partial charge in [-0.15, -0.1) is 0 Å². The maximum absolute atomic E-state index is 7.51. The van der Waals surface area contributed by atoms with Gasteiger partial charge in [0.15, 0.2) is 0 Å². The number of rotatable bonds is 0. The topological polar surface area (TPSA) is 73.6 Å². The summed E-state index contributed by atoms with van der Waals surface area (Å²) in [6, 6.07) is 3.40. The predicted octanol–water partition coefficient (Wildman–Crippen LogP) is 0.165. The lowest BCUT2D eigenvalue weighted by Crippen LogP contribution is -1.91. The monoisotopic (exact) mass is 109 g/mol. The first kappa shape index (κ1) is 9.84. The molecule has 8 heavy (non-hydrogen) atoms. The van der Waals surface area contributed by atoms with Crippen LogP contribution in [0.1, 0.15) is 0 Å². The lowest BCUT2D eigenvalue weighted by Gasteiger charge is -1.51. The normalized spacial score (nSPS) is 4.38. The quantitative estimate of drug-likeness (QED) is 0.356. The molecule has 0 aliphatic rings. The molecule has 0 aliphatic heterocycles. The Labute approximate surface area is 48.6 Å². The molecule has 3 heteroatoms. The summed E-state index contributed by atoms with van der Waals surface area (Å²) in [6.45, 7) is 3.24. The fourth-order valence-electron chi connectivity index (χ4n) is 0. The molecule has 0 aliphatic carbocycles. The summed E-state index contributed by atoms with van der Waals surface area (Å²) in [5, 5.41) is 15.0. The smallest absolute Gasteiger partial charge is 0.0905 e. The lowest BCUT2D eigenvalue weighted by atomic mass is 10.8. The van der Waals surface area contributed by atoms with Crippen LogP contribution in [0.2, 0.25) is 0 Å². The van der Waals surface area contributed by atoms with Crippen LogP contribution >= 0.6 is 0 Å². The van der Waals surface area contributed by atoms with Crippen molar-refractivity contribution in [2.45, 2.75) is 0 Å². The highest BCUT2D eigenvalue weighted by atomic mass is 14.5. The number of allylic oxidation sites excluding steroid dienone is 1. The molecule has 0 bridgehead atoms. The number of nitrogens with zero attached hydrogens (tertiary/aromatic N) is 2. The molecule has 0 radical (unpaired) electrons. The standard InChI is InChI=1S/C3H3N.C2H4N2/c1-2-3-4;3-1-2-4/h2H,1H2;1,3H2. The zero-order chi connectivity index (χ0) is 6.83. The molecule has 0 spiro atoms. The van der Waals surface area contributed by atoms with Crippen molar-refractivity contribution >= 4 is 0 Å². The fourth-order valence-corrected chi connectivity index (χ4v) is 0. The lowest BCUT2D eigenvalue weighted by molar-refractivity contribution is 1.25. The van der Waals surface area contributed by atoms with Crippen LogP contribution in [0.15, 0.2) is 12.7 Å². The van der Waals surface area contributed by atoms with E-state index in [1.54, 1.807) is 12.1 Å². The first-order valence-electron chi connectivity index (χ1n) is 1.91. The van der Waals surface area contributed by atoms with E-state index in [-0.39, 0.29) is 6.54 Å². The van der Waals surface area contributed by atoms with E-state index < -0.39 is 0 Å². The van der Waals surface area contributed by atoms with E-state index >= 15 is 0 Å². The van der Waals surface area contributed by atoms with Gasteiger partial charge >= 0.3 is 0 Å². The molecule has 0 unspecified atom stereocenters. The number of hydrogen-bond acceptors (Lipinski definition) is 3. The van der Waals surface area contributed by atoms with Crippen molar-refractivity contribution in [3.63, 3.8) is 0 Å². The van der Waals surface area contributed by atoms with Crippen LogP contribution in [-0.2, 0) is 0 Å². The average Bonchev–Trinajstić information content (AvgIpc) is 1.88. The third-order valence-electron chi connectivity index (χ3n) is 0.183. The SMILES string of the molecule is C=CC#N.N#CCN. The van der Waals surface area contributed by atoms with Gasteiger partial charge in [-0.25, -0.2) is 0 Å². The van der Waals surface area contributed by atoms with Crippen LogP contribution in [0.5, 0.6) is 0 Å². The van der Waals surface area contributed by atoms with Crippen molar-refractivity contribution in [2.24, 2.45) is 5.73 Å². The van der Waals surface area contributed by atoms with Crippen molar-refractivity contribution in [3.05, 3.63) is 12.7 Å². The Bertz CT molecular complexity index is 115. The molecule has 0 saturated carbocycles. The van der Waals surface area contributed by atoms with E-state index in [2.05, 4.69) is 12.3 Å². The van der Waals surface area contributed by atoms with Crippen LogP contribution < -0.4 is 5.73 Å². The minimum Gasteiger partial charge on any atom is -0.318 e. The van der Waals surface area contributed by atoms with Gasteiger partial charge in [-0.3, -0.25) is 0 Å². The molecule has 0 aromatic rings. The maximum Gasteiger partial charge on any atom is 0.0905 e. The average molecular weight is 109 g/mol. The molecule has 0 aromatic heterocycles. The molecule has 0 heterocycles. The molecule has 42 valence electrons. The predicted molar refractivity (Wildman–Crippen MR) is 30.5 cm³/mol. The van der Waals surface area contributed by atoms with Crippen LogP contribution in [0, 0.1) is 22.7 Å². The van der Waals surface area contributed by atoms with Crippen molar-refractivity contribution < 1.29 is 0 Å². The molecular weight excluding hydrogens is 102 g/mol. The highest BCUT2D eigenvalue weighted by Gasteiger charge is 1.48. The van der Waals surface area contributed by atoms with E-state index in [1.165, 1.54) is 6.08 Å². The Morgan fingerprint density at radius 1 is 1.62 bits per heavy atom. The van der Waals surface area contributed by atoms with Crippen molar-refractivity contribution in [1.82, 2.24) is 0 Å². The largest absolute Gasteiger partial charge is 0.318 e. The second-order valence-electron chi connectivity index (χ2n) is 0.695. The zero-order valence-electron chi connectivity index (χ0n) is 4.46. The zero-order valence-corrected chi connectivity index (χ0v) is 4.46. The van der Waals surface area contributed by atoms with E-state index in [0.717, 1.165) is 0 Å². The Morgan fingerprint density at radius 3 is 1.88 bits per heavy atom. The Kier molecular flexibility index (Phi) is 21.3. The second kappa shape index (κ2) is 17.3. The minimum atomic E-state index is 0.125. The van der Waals surface area contributed by atoms with Gasteiger partial charge in [-0.05, 0) is 0 Å². The van der Waals surface area contributed by atoms with Crippen molar-refractivity contribution in [3.8, 4) is 12.1 Å². The summed E-state index contributed by atoms with van der Waals surface area (Å²) in [6.07, 6.45) is 1.18. The fraction of sp³-hybridized carbons (Fsp3) is 0.200. The van der Waals surface area contributed by atoms with Gasteiger partial charge in [0.25, 0.3) is 0 Å². The first-order valence-corrected chi connectivity index (χ1v) is 1.91. The summed E-state index contributed by atoms with van der Waals surface area (Å²) < 4.78 is 0. The van der Waals surface area contributed by atoms with Gasteiger partial charge in [0.2, 0.25) is 0 Å². The summed E-state index contributed by atoms with van der Waals surface area (Å²) >= 11 is 0. The Balaban J connectivity index is 0. The van der Waals surface area contributed by atoms with Crippen LogP contribution in [0.4, 0.5) is 0 Å². The van der Waals surface area contributed by atoms with Crippen molar-refractivity contribution in [1.29, 1.82) is 10.5 Å². The first-order chi connectivity index (χ1) is 3.83. The van der Waals surface area contributed by atoms with Gasteiger partial charge in [0.1, 0.15) is 0 Å². The summed E-state index contributed by atoms with van der Waals surface area (Å²) in [5.74, 6) is 0. The van der Waals surface area contributed by atoms with E-state index in [0.29, 0.717) is 0 Å². The molecule has 0 amide bonds. The van der Waals surface area contributed by atoms with E-state index in [9.17, 15) is 0 Å². The van der Waals surface area contributed by atoms with Gasteiger partial charge < -0.3 is 5.73 Å². The highest BCUT2D eigenvalue weighted by Crippen LogP contribution is 1.41. The summed E-state index contributed by atoms with van der Waals surface area (Å²) in [5.41, 5.74) is 4.67. The number of nitrogens with two attached hydrogens (primary N) is 1. The second-order valence-corrected chi connectivity index (χ2v) is 0.695. The van der Waals surface area contributed by atoms with Crippen LogP contribution in [0.3, 0.4) is 0 Å². The van der Waals surface area contributed by atoms with Gasteiger partial charge in [0.05, 0.1) is 18.7 Å². The Morgan fingerprint density at radius 2 is 1.88 bits per heavy atom. The van der Waals surface area contributed by atoms with Gasteiger partial charge in [0, 0.05) is 6.08 Å². The van der Waals surface area contributed by atoms with Crippen LogP contribution in [0.25, 0.3) is 0 Å². The molecule has 3 nitrogen and oxygen atoms in total. The maximum atomic E-state index is 7.51. The third kappa shape index (κ3) is 137. The van der Waals surface area contributed by atoms with E-state index in [4.69, 9.17) is 10.5 Å².